The van der Waals surface area contributed by atoms with E-state index in [4.69, 9.17) is 0 Å². The van der Waals surface area contributed by atoms with Gasteiger partial charge in [-0.3, -0.25) is 4.48 Å². The second-order valence-electron chi connectivity index (χ2n) is 5.64. The summed E-state index contributed by atoms with van der Waals surface area (Å²) in [7, 11) is 0. The first-order valence-electron chi connectivity index (χ1n) is 8.23. The second-order valence-corrected chi connectivity index (χ2v) is 5.64. The van der Waals surface area contributed by atoms with Crippen LogP contribution in [0.4, 0.5) is 0 Å². The van der Waals surface area contributed by atoms with E-state index < -0.39 is 0 Å². The topological polar surface area (TPSA) is 55.7 Å². The van der Waals surface area contributed by atoms with E-state index in [0.717, 1.165) is 58.2 Å². The molecule has 0 bridgehead atoms. The van der Waals surface area contributed by atoms with Crippen molar-refractivity contribution in [2.45, 2.75) is 59.3 Å². The molecule has 0 radical (unpaired) electrons. The summed E-state index contributed by atoms with van der Waals surface area (Å²) in [5.74, 6) is 0.376. The molecular weight excluding hydrogens is 264 g/mol. The molecule has 21 heavy (non-hydrogen) atoms. The molecule has 0 saturated heterocycles. The van der Waals surface area contributed by atoms with Crippen molar-refractivity contribution < 1.29 is 9.28 Å². The van der Waals surface area contributed by atoms with Gasteiger partial charge in [-0.1, -0.05) is 40.0 Å². The van der Waals surface area contributed by atoms with Crippen LogP contribution < -0.4 is 0 Å². The summed E-state index contributed by atoms with van der Waals surface area (Å²) >= 11 is 0. The Hall–Kier alpha value is -1.36. The fourth-order valence-corrected chi connectivity index (χ4v) is 2.58. The van der Waals surface area contributed by atoms with Crippen molar-refractivity contribution in [3.05, 3.63) is 18.5 Å². The molecule has 0 unspecified atom stereocenters. The largest absolute Gasteiger partial charge is 0.383 e. The van der Waals surface area contributed by atoms with Crippen molar-refractivity contribution in [2.24, 2.45) is 0 Å². The van der Waals surface area contributed by atoms with Gasteiger partial charge in [0, 0.05) is 0 Å². The van der Waals surface area contributed by atoms with E-state index in [1.54, 1.807) is 0 Å². The number of carbonyl (C=O) groups is 1. The van der Waals surface area contributed by atoms with Gasteiger partial charge in [-0.2, -0.15) is 0 Å². The van der Waals surface area contributed by atoms with Crippen molar-refractivity contribution in [1.82, 2.24) is 15.0 Å². The van der Waals surface area contributed by atoms with Gasteiger partial charge in [-0.25, -0.2) is 19.7 Å². The summed E-state index contributed by atoms with van der Waals surface area (Å²) < 4.78 is 0.500. The normalized spacial score (nSPS) is 11.6. The standard InChI is InChI=1S/C16H29N4O/c1-4-7-10-20(11-8-5-2,12-9-6-3)16(21)15-18-13-17-14-19-15/h13-14H,4-12H2,1-3H3/q+1. The molecule has 0 aliphatic rings. The summed E-state index contributed by atoms with van der Waals surface area (Å²) in [5.41, 5.74) is 0. The van der Waals surface area contributed by atoms with Crippen LogP contribution in [0.25, 0.3) is 0 Å². The maximum absolute atomic E-state index is 13.0. The van der Waals surface area contributed by atoms with Crippen molar-refractivity contribution >= 4 is 5.91 Å². The van der Waals surface area contributed by atoms with Crippen LogP contribution in [0.15, 0.2) is 12.7 Å². The Bertz CT molecular complexity index is 386. The molecule has 0 saturated carbocycles. The number of amides is 1. The number of hydrogen-bond acceptors (Lipinski definition) is 4. The van der Waals surface area contributed by atoms with Crippen LogP contribution in [0.1, 0.15) is 69.9 Å². The third-order valence-corrected chi connectivity index (χ3v) is 3.93. The lowest BCUT2D eigenvalue weighted by molar-refractivity contribution is -0.850. The van der Waals surface area contributed by atoms with E-state index in [-0.39, 0.29) is 5.91 Å². The Labute approximate surface area is 128 Å². The molecule has 0 N–H and O–H groups in total. The number of rotatable bonds is 10. The van der Waals surface area contributed by atoms with Gasteiger partial charge in [0.2, 0.25) is 0 Å². The Morgan fingerprint density at radius 1 is 0.905 bits per heavy atom. The fourth-order valence-electron chi connectivity index (χ4n) is 2.58. The zero-order valence-electron chi connectivity index (χ0n) is 13.7. The van der Waals surface area contributed by atoms with Gasteiger partial charge in [-0.15, -0.1) is 0 Å². The lowest BCUT2D eigenvalue weighted by atomic mass is 10.1. The molecule has 1 rings (SSSR count). The molecule has 0 aromatic carbocycles. The monoisotopic (exact) mass is 293 g/mol. The Morgan fingerprint density at radius 2 is 1.33 bits per heavy atom. The van der Waals surface area contributed by atoms with Gasteiger partial charge in [0.05, 0.1) is 19.6 Å². The zero-order valence-corrected chi connectivity index (χ0v) is 13.7. The first-order chi connectivity index (χ1) is 10.2. The van der Waals surface area contributed by atoms with Crippen LogP contribution in [0.3, 0.4) is 0 Å². The van der Waals surface area contributed by atoms with E-state index in [0.29, 0.717) is 10.3 Å². The van der Waals surface area contributed by atoms with Gasteiger partial charge >= 0.3 is 5.91 Å². The molecule has 1 aromatic rings. The molecule has 1 aromatic heterocycles. The number of nitrogens with zero attached hydrogens (tertiary/aromatic N) is 4. The molecule has 5 heteroatoms. The van der Waals surface area contributed by atoms with E-state index in [1.165, 1.54) is 12.7 Å². The first-order valence-corrected chi connectivity index (χ1v) is 8.23. The highest BCUT2D eigenvalue weighted by Crippen LogP contribution is 2.18. The van der Waals surface area contributed by atoms with E-state index >= 15 is 0 Å². The van der Waals surface area contributed by atoms with E-state index in [1.807, 2.05) is 0 Å². The predicted octanol–water partition coefficient (Wildman–Crippen LogP) is 3.23. The van der Waals surface area contributed by atoms with Crippen molar-refractivity contribution in [3.8, 4) is 0 Å². The van der Waals surface area contributed by atoms with Crippen LogP contribution in [-0.4, -0.2) is 45.0 Å². The molecule has 0 spiro atoms. The average molecular weight is 293 g/mol. The Kier molecular flexibility index (Phi) is 8.05. The molecule has 0 aliphatic heterocycles. The Morgan fingerprint density at radius 3 is 1.71 bits per heavy atom. The van der Waals surface area contributed by atoms with Gasteiger partial charge in [0.25, 0.3) is 5.82 Å². The van der Waals surface area contributed by atoms with Crippen LogP contribution in [0.2, 0.25) is 0 Å². The fraction of sp³-hybridized carbons (Fsp3) is 0.750. The maximum Gasteiger partial charge on any atom is 0.383 e. The molecule has 0 fully saturated rings. The summed E-state index contributed by atoms with van der Waals surface area (Å²) in [6, 6.07) is 0. The maximum atomic E-state index is 13.0. The SMILES string of the molecule is CCCC[N+](CCCC)(CCCC)C(=O)c1ncncn1. The molecule has 0 atom stereocenters. The highest BCUT2D eigenvalue weighted by Gasteiger charge is 2.37. The predicted molar refractivity (Wildman–Crippen MR) is 83.7 cm³/mol. The molecule has 5 nitrogen and oxygen atoms in total. The number of quaternary nitrogens is 1. The minimum absolute atomic E-state index is 0.0627. The summed E-state index contributed by atoms with van der Waals surface area (Å²) in [4.78, 5) is 25.0. The summed E-state index contributed by atoms with van der Waals surface area (Å²) in [5, 5.41) is 0. The molecule has 0 aliphatic carbocycles. The number of carbonyl (C=O) groups excluding carboxylic acids is 1. The van der Waals surface area contributed by atoms with Crippen molar-refractivity contribution in [1.29, 1.82) is 0 Å². The molecule has 1 heterocycles. The van der Waals surface area contributed by atoms with Crippen LogP contribution in [0.5, 0.6) is 0 Å². The quantitative estimate of drug-likeness (QED) is 0.621. The minimum atomic E-state index is 0.0627. The first kappa shape index (κ1) is 17.7. The van der Waals surface area contributed by atoms with Gasteiger partial charge in [-0.05, 0) is 19.3 Å². The highest BCUT2D eigenvalue weighted by molar-refractivity contribution is 5.84. The van der Waals surface area contributed by atoms with E-state index in [2.05, 4.69) is 35.7 Å². The van der Waals surface area contributed by atoms with Crippen LogP contribution in [-0.2, 0) is 0 Å². The van der Waals surface area contributed by atoms with E-state index in [9.17, 15) is 4.79 Å². The zero-order chi connectivity index (χ0) is 15.6. The van der Waals surface area contributed by atoms with Gasteiger partial charge in [0.1, 0.15) is 12.7 Å². The third-order valence-electron chi connectivity index (χ3n) is 3.93. The number of unbranched alkanes of at least 4 members (excludes halogenated alkanes) is 3. The van der Waals surface area contributed by atoms with Gasteiger partial charge < -0.3 is 0 Å². The second kappa shape index (κ2) is 9.55. The minimum Gasteiger partial charge on any atom is -0.253 e. The molecular formula is C16H29N4O+. The lowest BCUT2D eigenvalue weighted by Crippen LogP contribution is -2.55. The van der Waals surface area contributed by atoms with Crippen LogP contribution in [0, 0.1) is 0 Å². The number of hydrogen-bond donors (Lipinski definition) is 0. The number of aromatic nitrogens is 3. The average Bonchev–Trinajstić information content (AvgIpc) is 2.55. The van der Waals surface area contributed by atoms with Crippen LogP contribution >= 0.6 is 0 Å². The smallest absolute Gasteiger partial charge is 0.253 e. The van der Waals surface area contributed by atoms with Crippen molar-refractivity contribution in [3.63, 3.8) is 0 Å². The van der Waals surface area contributed by atoms with Crippen molar-refractivity contribution in [2.75, 3.05) is 19.6 Å². The summed E-state index contributed by atoms with van der Waals surface area (Å²) in [6.07, 6.45) is 9.30. The Balaban J connectivity index is 3.02. The third kappa shape index (κ3) is 5.16. The van der Waals surface area contributed by atoms with Gasteiger partial charge in [0.15, 0.2) is 0 Å². The molecule has 1 amide bonds. The summed E-state index contributed by atoms with van der Waals surface area (Å²) in [6.45, 7) is 9.17. The highest BCUT2D eigenvalue weighted by atomic mass is 16.2. The molecule has 118 valence electrons. The lowest BCUT2D eigenvalue weighted by Gasteiger charge is -2.35.